The first-order chi connectivity index (χ1) is 17.0. The van der Waals surface area contributed by atoms with E-state index in [0.717, 1.165) is 5.56 Å². The lowest BCUT2D eigenvalue weighted by atomic mass is 9.91. The molecule has 1 heterocycles. The first-order valence-electron chi connectivity index (χ1n) is 11.7. The summed E-state index contributed by atoms with van der Waals surface area (Å²) in [5.41, 5.74) is 2.20. The molecule has 35 heavy (non-hydrogen) atoms. The molecule has 0 radical (unpaired) electrons. The van der Waals surface area contributed by atoms with Gasteiger partial charge in [-0.15, -0.1) is 0 Å². The van der Waals surface area contributed by atoms with Gasteiger partial charge in [-0.1, -0.05) is 44.2 Å². The number of hydrogen-bond acceptors (Lipinski definition) is 7. The molecule has 2 aromatic carbocycles. The van der Waals surface area contributed by atoms with Crippen molar-refractivity contribution in [2.75, 3.05) is 27.4 Å². The Morgan fingerprint density at radius 3 is 2.14 bits per heavy atom. The van der Waals surface area contributed by atoms with Crippen LogP contribution in [0.3, 0.4) is 0 Å². The number of benzene rings is 2. The number of carbonyl (C=O) groups excluding carboxylic acids is 2. The average Bonchev–Trinajstić information content (AvgIpc) is 3.39. The maximum Gasteiger partial charge on any atom is 0.322 e. The van der Waals surface area contributed by atoms with Crippen LogP contribution in [0, 0.1) is 5.92 Å². The van der Waals surface area contributed by atoms with Crippen molar-refractivity contribution < 1.29 is 28.5 Å². The Kier molecular flexibility index (Phi) is 9.29. The second kappa shape index (κ2) is 12.6. The smallest absolute Gasteiger partial charge is 0.322 e. The van der Waals surface area contributed by atoms with Crippen LogP contribution >= 0.6 is 0 Å². The van der Waals surface area contributed by atoms with Crippen LogP contribution in [-0.4, -0.2) is 48.9 Å². The quantitative estimate of drug-likeness (QED) is 0.275. The summed E-state index contributed by atoms with van der Waals surface area (Å²) in [6.45, 7) is 4.18. The van der Waals surface area contributed by atoms with E-state index in [2.05, 4.69) is 4.98 Å². The van der Waals surface area contributed by atoms with Gasteiger partial charge < -0.3 is 23.5 Å². The van der Waals surface area contributed by atoms with E-state index < -0.39 is 23.9 Å². The highest BCUT2D eigenvalue weighted by Gasteiger charge is 2.41. The minimum atomic E-state index is -1.27. The molecular formula is C27H32N2O6. The van der Waals surface area contributed by atoms with Crippen molar-refractivity contribution in [3.8, 4) is 22.8 Å². The van der Waals surface area contributed by atoms with Gasteiger partial charge in [-0.25, -0.2) is 4.98 Å². The zero-order valence-corrected chi connectivity index (χ0v) is 20.6. The summed E-state index contributed by atoms with van der Waals surface area (Å²) in [7, 11) is 3.08. The van der Waals surface area contributed by atoms with Gasteiger partial charge in [0.15, 0.2) is 5.92 Å². The Morgan fingerprint density at radius 2 is 1.57 bits per heavy atom. The third-order valence-electron chi connectivity index (χ3n) is 5.47. The van der Waals surface area contributed by atoms with Crippen LogP contribution in [0.5, 0.6) is 11.5 Å². The van der Waals surface area contributed by atoms with Crippen LogP contribution in [0.4, 0.5) is 0 Å². The molecule has 8 heteroatoms. The van der Waals surface area contributed by atoms with Gasteiger partial charge in [-0.3, -0.25) is 9.59 Å². The molecular weight excluding hydrogens is 448 g/mol. The SMILES string of the molecule is CCCOC(=O)C(C(=O)OCCC)C(c1ccc(OC)cc1OC)n1cnc(-c2ccccc2)c1. The molecule has 1 atom stereocenters. The van der Waals surface area contributed by atoms with Crippen LogP contribution in [-0.2, 0) is 19.1 Å². The van der Waals surface area contributed by atoms with Gasteiger partial charge in [0.2, 0.25) is 0 Å². The highest BCUT2D eigenvalue weighted by atomic mass is 16.6. The Labute approximate surface area is 205 Å². The van der Waals surface area contributed by atoms with E-state index in [1.807, 2.05) is 44.2 Å². The molecule has 8 nitrogen and oxygen atoms in total. The van der Waals surface area contributed by atoms with Crippen LogP contribution in [0.25, 0.3) is 11.3 Å². The Bertz CT molecular complexity index is 1090. The second-order valence-corrected chi connectivity index (χ2v) is 7.94. The van der Waals surface area contributed by atoms with E-state index in [1.54, 1.807) is 42.4 Å². The zero-order chi connectivity index (χ0) is 25.2. The molecule has 1 unspecified atom stereocenters. The Hall–Kier alpha value is -3.81. The predicted molar refractivity (Wildman–Crippen MR) is 131 cm³/mol. The number of rotatable bonds is 12. The minimum Gasteiger partial charge on any atom is -0.497 e. The van der Waals surface area contributed by atoms with Gasteiger partial charge in [-0.05, 0) is 25.0 Å². The first kappa shape index (κ1) is 25.8. The van der Waals surface area contributed by atoms with E-state index >= 15 is 0 Å². The highest BCUT2D eigenvalue weighted by Crippen LogP contribution is 2.38. The van der Waals surface area contributed by atoms with Gasteiger partial charge in [0.25, 0.3) is 0 Å². The molecule has 0 fully saturated rings. The van der Waals surface area contributed by atoms with E-state index in [9.17, 15) is 9.59 Å². The molecule has 0 aliphatic carbocycles. The lowest BCUT2D eigenvalue weighted by molar-refractivity contribution is -0.163. The fourth-order valence-electron chi connectivity index (χ4n) is 3.76. The van der Waals surface area contributed by atoms with Crippen molar-refractivity contribution in [1.82, 2.24) is 9.55 Å². The molecule has 0 aliphatic heterocycles. The van der Waals surface area contributed by atoms with Crippen molar-refractivity contribution >= 4 is 11.9 Å². The van der Waals surface area contributed by atoms with Crippen LogP contribution < -0.4 is 9.47 Å². The van der Waals surface area contributed by atoms with Crippen molar-refractivity contribution in [2.24, 2.45) is 5.92 Å². The summed E-state index contributed by atoms with van der Waals surface area (Å²) >= 11 is 0. The third kappa shape index (κ3) is 6.20. The van der Waals surface area contributed by atoms with E-state index in [-0.39, 0.29) is 13.2 Å². The summed E-state index contributed by atoms with van der Waals surface area (Å²) in [4.78, 5) is 31.1. The summed E-state index contributed by atoms with van der Waals surface area (Å²) in [6.07, 6.45) is 4.66. The number of methoxy groups -OCH3 is 2. The summed E-state index contributed by atoms with van der Waals surface area (Å²) in [5, 5.41) is 0. The van der Waals surface area contributed by atoms with Gasteiger partial charge in [0, 0.05) is 23.4 Å². The number of imidazole rings is 1. The average molecular weight is 481 g/mol. The lowest BCUT2D eigenvalue weighted by Gasteiger charge is -2.27. The molecule has 3 aromatic rings. The highest BCUT2D eigenvalue weighted by molar-refractivity contribution is 5.96. The zero-order valence-electron chi connectivity index (χ0n) is 20.6. The summed E-state index contributed by atoms with van der Waals surface area (Å²) in [5.74, 6) is -1.55. The first-order valence-corrected chi connectivity index (χ1v) is 11.7. The molecule has 0 bridgehead atoms. The van der Waals surface area contributed by atoms with Crippen molar-refractivity contribution in [3.63, 3.8) is 0 Å². The number of hydrogen-bond donors (Lipinski definition) is 0. The molecule has 1 aromatic heterocycles. The van der Waals surface area contributed by atoms with Crippen LogP contribution in [0.15, 0.2) is 61.1 Å². The predicted octanol–water partition coefficient (Wildman–Crippen LogP) is 4.68. The van der Waals surface area contributed by atoms with E-state index in [4.69, 9.17) is 18.9 Å². The largest absolute Gasteiger partial charge is 0.497 e. The summed E-state index contributed by atoms with van der Waals surface area (Å²) < 4.78 is 23.6. The van der Waals surface area contributed by atoms with Crippen LogP contribution in [0.2, 0.25) is 0 Å². The van der Waals surface area contributed by atoms with Crippen molar-refractivity contribution in [1.29, 1.82) is 0 Å². The molecule has 3 rings (SSSR count). The topological polar surface area (TPSA) is 88.9 Å². The normalized spacial score (nSPS) is 11.7. The molecule has 0 N–H and O–H groups in total. The Morgan fingerprint density at radius 1 is 0.914 bits per heavy atom. The van der Waals surface area contributed by atoms with Crippen molar-refractivity contribution in [2.45, 2.75) is 32.7 Å². The van der Waals surface area contributed by atoms with Gasteiger partial charge in [-0.2, -0.15) is 0 Å². The van der Waals surface area contributed by atoms with Gasteiger partial charge >= 0.3 is 11.9 Å². The lowest BCUT2D eigenvalue weighted by Crippen LogP contribution is -2.36. The van der Waals surface area contributed by atoms with E-state index in [1.165, 1.54) is 7.11 Å². The van der Waals surface area contributed by atoms with Crippen LogP contribution in [0.1, 0.15) is 38.3 Å². The molecule has 186 valence electrons. The summed E-state index contributed by atoms with van der Waals surface area (Å²) in [6, 6.07) is 14.1. The maximum absolute atomic E-state index is 13.3. The second-order valence-electron chi connectivity index (χ2n) is 7.94. The number of ether oxygens (including phenoxy) is 4. The number of carbonyl (C=O) groups is 2. The van der Waals surface area contributed by atoms with Crippen molar-refractivity contribution in [3.05, 3.63) is 66.6 Å². The fraction of sp³-hybridized carbons (Fsp3) is 0.370. The monoisotopic (exact) mass is 480 g/mol. The number of esters is 2. The third-order valence-corrected chi connectivity index (χ3v) is 5.47. The maximum atomic E-state index is 13.3. The van der Waals surface area contributed by atoms with Gasteiger partial charge in [0.1, 0.15) is 11.5 Å². The van der Waals surface area contributed by atoms with Gasteiger partial charge in [0.05, 0.1) is 45.5 Å². The Balaban J connectivity index is 2.16. The molecule has 0 spiro atoms. The molecule has 0 amide bonds. The van der Waals surface area contributed by atoms with E-state index in [0.29, 0.717) is 35.6 Å². The minimum absolute atomic E-state index is 0.196. The number of aromatic nitrogens is 2. The molecule has 0 saturated heterocycles. The molecule has 0 aliphatic rings. The fourth-order valence-corrected chi connectivity index (χ4v) is 3.76. The standard InChI is InChI=1S/C27H32N2O6/c1-5-14-34-26(30)24(27(31)35-15-6-2)25(21-13-12-20(32-3)16-23(21)33-4)29-17-22(28-18-29)19-10-8-7-9-11-19/h7-13,16-18,24-25H,5-6,14-15H2,1-4H3. The molecule has 0 saturated carbocycles. The number of nitrogens with zero attached hydrogens (tertiary/aromatic N) is 2.